The lowest BCUT2D eigenvalue weighted by molar-refractivity contribution is -0.133. The van der Waals surface area contributed by atoms with Crippen molar-refractivity contribution in [2.24, 2.45) is 0 Å². The first kappa shape index (κ1) is 18.5. The monoisotopic (exact) mass is 382 g/mol. The molecule has 2 amide bonds. The Hall–Kier alpha value is -2.83. The fourth-order valence-corrected chi connectivity index (χ4v) is 4.08. The number of carbonyl (C=O) groups is 2. The molecule has 0 N–H and O–H groups in total. The van der Waals surface area contributed by atoms with Gasteiger partial charge in [0.05, 0.1) is 5.69 Å². The van der Waals surface area contributed by atoms with E-state index in [4.69, 9.17) is 4.74 Å². The van der Waals surface area contributed by atoms with Gasteiger partial charge in [0.25, 0.3) is 5.91 Å². The second-order valence-electron chi connectivity index (χ2n) is 7.49. The molecule has 1 aromatic carbocycles. The molecule has 3 heterocycles. The Bertz CT molecular complexity index is 892. The van der Waals surface area contributed by atoms with Crippen LogP contribution in [0.25, 0.3) is 0 Å². The third kappa shape index (κ3) is 3.48. The number of amides is 2. The first-order valence-corrected chi connectivity index (χ1v) is 9.89. The van der Waals surface area contributed by atoms with Crippen LogP contribution in [0.4, 0.5) is 5.69 Å². The van der Waals surface area contributed by atoms with Gasteiger partial charge in [-0.2, -0.15) is 0 Å². The molecule has 0 saturated carbocycles. The predicted octanol–water partition coefficient (Wildman–Crippen LogP) is 2.34. The largest absolute Gasteiger partial charge is 0.482 e. The molecule has 0 aliphatic carbocycles. The van der Waals surface area contributed by atoms with Gasteiger partial charge < -0.3 is 14.2 Å². The number of aryl methyl sites for hydroxylation is 2. The minimum absolute atomic E-state index is 0.0259. The topological polar surface area (TPSA) is 67.7 Å². The Morgan fingerprint density at radius 1 is 1.36 bits per heavy atom. The average molecular weight is 382 g/mol. The molecule has 2 aliphatic rings. The van der Waals surface area contributed by atoms with E-state index in [0.29, 0.717) is 18.0 Å². The normalized spacial score (nSPS) is 19.4. The summed E-state index contributed by atoms with van der Waals surface area (Å²) in [5, 5.41) is 0. The molecule has 1 aromatic heterocycles. The number of nitrogens with zero attached hydrogens (tertiary/aromatic N) is 4. The summed E-state index contributed by atoms with van der Waals surface area (Å²) in [5.41, 5.74) is 1.71. The zero-order valence-electron chi connectivity index (χ0n) is 16.4. The number of rotatable bonds is 4. The van der Waals surface area contributed by atoms with Gasteiger partial charge in [0.1, 0.15) is 18.1 Å². The molecule has 148 valence electrons. The summed E-state index contributed by atoms with van der Waals surface area (Å²) < 4.78 is 7.65. The van der Waals surface area contributed by atoms with E-state index in [9.17, 15) is 9.59 Å². The fraction of sp³-hybridized carbons (Fsp3) is 0.476. The van der Waals surface area contributed by atoms with E-state index in [1.165, 1.54) is 0 Å². The van der Waals surface area contributed by atoms with Gasteiger partial charge in [-0.05, 0) is 44.4 Å². The SMILES string of the molecule is CCn1ccnc1[C@H]1CCCN(C(=O)CN2C(=O)COc3ccc(C)cc32)C1. The van der Waals surface area contributed by atoms with Gasteiger partial charge in [-0.25, -0.2) is 4.98 Å². The zero-order valence-corrected chi connectivity index (χ0v) is 16.4. The Morgan fingerprint density at radius 3 is 3.04 bits per heavy atom. The lowest BCUT2D eigenvalue weighted by atomic mass is 9.97. The molecule has 2 aliphatic heterocycles. The molecule has 0 spiro atoms. The molecule has 28 heavy (non-hydrogen) atoms. The van der Waals surface area contributed by atoms with Crippen molar-refractivity contribution in [3.8, 4) is 5.75 Å². The van der Waals surface area contributed by atoms with Crippen LogP contribution >= 0.6 is 0 Å². The quantitative estimate of drug-likeness (QED) is 0.814. The number of aromatic nitrogens is 2. The van der Waals surface area contributed by atoms with Crippen LogP contribution < -0.4 is 9.64 Å². The highest BCUT2D eigenvalue weighted by atomic mass is 16.5. The van der Waals surface area contributed by atoms with Crippen molar-refractivity contribution in [2.75, 3.05) is 31.1 Å². The van der Waals surface area contributed by atoms with Gasteiger partial charge in [0.15, 0.2) is 6.61 Å². The van der Waals surface area contributed by atoms with Crippen molar-refractivity contribution in [1.29, 1.82) is 0 Å². The number of likely N-dealkylation sites (tertiary alicyclic amines) is 1. The molecular weight excluding hydrogens is 356 g/mol. The highest BCUT2D eigenvalue weighted by Gasteiger charge is 2.32. The van der Waals surface area contributed by atoms with Crippen molar-refractivity contribution in [3.63, 3.8) is 0 Å². The van der Waals surface area contributed by atoms with Crippen LogP contribution in [0.5, 0.6) is 5.75 Å². The number of imidazole rings is 1. The summed E-state index contributed by atoms with van der Waals surface area (Å²) in [7, 11) is 0. The van der Waals surface area contributed by atoms with Crippen molar-refractivity contribution in [1.82, 2.24) is 14.5 Å². The lowest BCUT2D eigenvalue weighted by Gasteiger charge is -2.35. The summed E-state index contributed by atoms with van der Waals surface area (Å²) in [4.78, 5) is 33.4. The van der Waals surface area contributed by atoms with Gasteiger partial charge in [-0.15, -0.1) is 0 Å². The van der Waals surface area contributed by atoms with Gasteiger partial charge in [0.2, 0.25) is 5.91 Å². The van der Waals surface area contributed by atoms with Crippen LogP contribution in [0.15, 0.2) is 30.6 Å². The van der Waals surface area contributed by atoms with Gasteiger partial charge >= 0.3 is 0 Å². The van der Waals surface area contributed by atoms with Crippen LogP contribution in [0.3, 0.4) is 0 Å². The number of hydrogen-bond acceptors (Lipinski definition) is 4. The minimum atomic E-state index is -0.179. The Labute approximate surface area is 164 Å². The summed E-state index contributed by atoms with van der Waals surface area (Å²) >= 11 is 0. The van der Waals surface area contributed by atoms with Crippen molar-refractivity contribution >= 4 is 17.5 Å². The average Bonchev–Trinajstić information content (AvgIpc) is 3.19. The van der Waals surface area contributed by atoms with E-state index in [1.807, 2.05) is 42.4 Å². The van der Waals surface area contributed by atoms with Gasteiger partial charge in [-0.3, -0.25) is 14.5 Å². The van der Waals surface area contributed by atoms with Crippen LogP contribution in [0.1, 0.15) is 37.1 Å². The molecular formula is C21H26N4O3. The third-order valence-electron chi connectivity index (χ3n) is 5.58. The molecule has 0 radical (unpaired) electrons. The summed E-state index contributed by atoms with van der Waals surface area (Å²) in [6.07, 6.45) is 5.78. The number of fused-ring (bicyclic) bond motifs is 1. The van der Waals surface area contributed by atoms with E-state index in [2.05, 4.69) is 16.5 Å². The number of piperidine rings is 1. The second-order valence-corrected chi connectivity index (χ2v) is 7.49. The Kier molecular flexibility index (Phi) is 5.07. The maximum atomic E-state index is 13.0. The molecule has 0 bridgehead atoms. The van der Waals surface area contributed by atoms with E-state index in [0.717, 1.165) is 37.3 Å². The fourth-order valence-electron chi connectivity index (χ4n) is 4.08. The van der Waals surface area contributed by atoms with Crippen LogP contribution in [-0.2, 0) is 16.1 Å². The highest BCUT2D eigenvalue weighted by molar-refractivity contribution is 6.02. The van der Waals surface area contributed by atoms with E-state index >= 15 is 0 Å². The van der Waals surface area contributed by atoms with Gasteiger partial charge in [-0.1, -0.05) is 6.07 Å². The lowest BCUT2D eigenvalue weighted by Crippen LogP contribution is -2.48. The number of benzene rings is 1. The standard InChI is InChI=1S/C21H26N4O3/c1-3-23-10-8-22-21(23)16-5-4-9-24(12-16)19(26)13-25-17-11-15(2)6-7-18(17)28-14-20(25)27/h6-8,10-11,16H,3-5,9,12-14H2,1-2H3/t16-/m0/s1. The summed E-state index contributed by atoms with van der Waals surface area (Å²) in [5.74, 6) is 1.73. The smallest absolute Gasteiger partial charge is 0.265 e. The number of ether oxygens (including phenoxy) is 1. The van der Waals surface area contributed by atoms with Gasteiger partial charge in [0, 0.05) is 37.9 Å². The van der Waals surface area contributed by atoms with E-state index in [-0.39, 0.29) is 30.9 Å². The first-order chi connectivity index (χ1) is 13.6. The number of hydrogen-bond donors (Lipinski definition) is 0. The summed E-state index contributed by atoms with van der Waals surface area (Å²) in [6.45, 7) is 6.33. The maximum Gasteiger partial charge on any atom is 0.265 e. The summed E-state index contributed by atoms with van der Waals surface area (Å²) in [6, 6.07) is 5.70. The molecule has 0 unspecified atom stereocenters. The molecule has 1 fully saturated rings. The van der Waals surface area contributed by atoms with Crippen molar-refractivity contribution in [2.45, 2.75) is 39.2 Å². The van der Waals surface area contributed by atoms with Crippen LogP contribution in [0.2, 0.25) is 0 Å². The second kappa shape index (κ2) is 7.66. The molecule has 4 rings (SSSR count). The number of anilines is 1. The molecule has 7 heteroatoms. The molecule has 1 atom stereocenters. The Balaban J connectivity index is 1.49. The van der Waals surface area contributed by atoms with Crippen LogP contribution in [-0.4, -0.2) is 52.5 Å². The molecule has 2 aromatic rings. The van der Waals surface area contributed by atoms with E-state index in [1.54, 1.807) is 4.90 Å². The highest BCUT2D eigenvalue weighted by Crippen LogP contribution is 2.33. The molecule has 7 nitrogen and oxygen atoms in total. The first-order valence-electron chi connectivity index (χ1n) is 9.89. The van der Waals surface area contributed by atoms with Crippen LogP contribution in [0, 0.1) is 6.92 Å². The zero-order chi connectivity index (χ0) is 19.7. The Morgan fingerprint density at radius 2 is 2.21 bits per heavy atom. The maximum absolute atomic E-state index is 13.0. The number of carbonyl (C=O) groups excluding carboxylic acids is 2. The minimum Gasteiger partial charge on any atom is -0.482 e. The third-order valence-corrected chi connectivity index (χ3v) is 5.58. The predicted molar refractivity (Wildman–Crippen MR) is 105 cm³/mol. The van der Waals surface area contributed by atoms with E-state index < -0.39 is 0 Å². The van der Waals surface area contributed by atoms with Crippen molar-refractivity contribution in [3.05, 3.63) is 42.0 Å². The van der Waals surface area contributed by atoms with Crippen molar-refractivity contribution < 1.29 is 14.3 Å². The molecule has 1 saturated heterocycles.